The summed E-state index contributed by atoms with van der Waals surface area (Å²) in [7, 11) is -2.15. The Morgan fingerprint density at radius 1 is 1.16 bits per heavy atom. The Labute approximate surface area is 189 Å². The van der Waals surface area contributed by atoms with Gasteiger partial charge in [0.1, 0.15) is 0 Å². The first-order valence-electron chi connectivity index (χ1n) is 9.67. The minimum absolute atomic E-state index is 0.0201. The number of nitrogens with one attached hydrogen (secondary N) is 1. The number of ether oxygens (including phenoxy) is 2. The first-order valence-corrected chi connectivity index (χ1v) is 13.2. The third-order valence-corrected chi connectivity index (χ3v) is 6.72. The van der Waals surface area contributed by atoms with E-state index >= 15 is 0 Å². The Balaban J connectivity index is 1.96. The third kappa shape index (κ3) is 4.84. The molecule has 0 aliphatic carbocycles. The largest absolute Gasteiger partial charge is 0.616 e. The second-order valence-electron chi connectivity index (χ2n) is 7.15. The number of nitrogens with zero attached hydrogens (tertiary/aromatic N) is 1. The maximum absolute atomic E-state index is 13.1. The molecule has 1 aliphatic heterocycles. The van der Waals surface area contributed by atoms with Crippen molar-refractivity contribution in [3.05, 3.63) is 53.1 Å². The van der Waals surface area contributed by atoms with Gasteiger partial charge in [-0.05, 0) is 42.4 Å². The van der Waals surface area contributed by atoms with Crippen LogP contribution in [0.4, 0.5) is 5.69 Å². The standard InChI is InChI=1S/C21H24N2O7S2/c1-5-30-17-11-13(9-10-16(17)29-2)18(31(3)26)12-23-20(24)14-7-6-8-15(19(14)21(23)25)22-32(4,27)28/h6-11,18,22H,5,12H2,1-4H3. The highest BCUT2D eigenvalue weighted by atomic mass is 32.2. The molecule has 2 aromatic rings. The Bertz CT molecular complexity index is 1150. The molecular weight excluding hydrogens is 456 g/mol. The molecule has 0 spiro atoms. The van der Waals surface area contributed by atoms with Crippen LogP contribution in [-0.4, -0.2) is 62.5 Å². The fraction of sp³-hybridized carbons (Fsp3) is 0.333. The summed E-state index contributed by atoms with van der Waals surface area (Å²) in [5.74, 6) is -0.250. The number of methoxy groups -OCH3 is 1. The van der Waals surface area contributed by atoms with Gasteiger partial charge in [-0.1, -0.05) is 12.1 Å². The van der Waals surface area contributed by atoms with Crippen LogP contribution in [-0.2, 0) is 21.2 Å². The molecule has 1 N–H and O–H groups in total. The molecule has 11 heteroatoms. The highest BCUT2D eigenvalue weighted by Gasteiger charge is 2.41. The minimum Gasteiger partial charge on any atom is -0.616 e. The van der Waals surface area contributed by atoms with E-state index in [4.69, 9.17) is 9.47 Å². The van der Waals surface area contributed by atoms with E-state index in [0.717, 1.165) is 11.2 Å². The van der Waals surface area contributed by atoms with E-state index in [1.807, 2.05) is 6.92 Å². The molecule has 0 fully saturated rings. The van der Waals surface area contributed by atoms with Gasteiger partial charge in [0.15, 0.2) is 16.7 Å². The Morgan fingerprint density at radius 3 is 2.47 bits per heavy atom. The molecule has 9 nitrogen and oxygen atoms in total. The molecule has 0 bridgehead atoms. The smallest absolute Gasteiger partial charge is 0.263 e. The number of sulfonamides is 1. The van der Waals surface area contributed by atoms with E-state index in [-0.39, 0.29) is 23.4 Å². The van der Waals surface area contributed by atoms with Crippen LogP contribution in [0.5, 0.6) is 11.5 Å². The van der Waals surface area contributed by atoms with Gasteiger partial charge < -0.3 is 14.0 Å². The van der Waals surface area contributed by atoms with Crippen LogP contribution < -0.4 is 14.2 Å². The molecule has 2 atom stereocenters. The summed E-state index contributed by atoms with van der Waals surface area (Å²) in [6.07, 6.45) is 2.45. The zero-order valence-corrected chi connectivity index (χ0v) is 19.7. The zero-order valence-electron chi connectivity index (χ0n) is 18.1. The van der Waals surface area contributed by atoms with Crippen LogP contribution in [0.1, 0.15) is 38.5 Å². The predicted octanol–water partition coefficient (Wildman–Crippen LogP) is 2.18. The molecular formula is C21H24N2O7S2. The number of fused-ring (bicyclic) bond motifs is 1. The van der Waals surface area contributed by atoms with E-state index < -0.39 is 38.3 Å². The van der Waals surface area contributed by atoms with E-state index in [9.17, 15) is 22.6 Å². The van der Waals surface area contributed by atoms with Gasteiger partial charge in [-0.25, -0.2) is 8.42 Å². The first-order chi connectivity index (χ1) is 15.1. The molecule has 2 unspecified atom stereocenters. The van der Waals surface area contributed by atoms with Gasteiger partial charge in [-0.15, -0.1) is 0 Å². The maximum Gasteiger partial charge on any atom is 0.263 e. The van der Waals surface area contributed by atoms with Gasteiger partial charge in [-0.3, -0.25) is 19.2 Å². The summed E-state index contributed by atoms with van der Waals surface area (Å²) in [6.45, 7) is 2.07. The Hall–Kier alpha value is -2.76. The summed E-state index contributed by atoms with van der Waals surface area (Å²) in [4.78, 5) is 27.1. The fourth-order valence-corrected chi connectivity index (χ4v) is 4.97. The van der Waals surface area contributed by atoms with Crippen molar-refractivity contribution in [2.24, 2.45) is 0 Å². The quantitative estimate of drug-likeness (QED) is 0.431. The number of hydrogen-bond donors (Lipinski definition) is 1. The number of anilines is 1. The summed E-state index contributed by atoms with van der Waals surface area (Å²) in [6, 6.07) is 9.44. The molecule has 0 radical (unpaired) electrons. The first kappa shape index (κ1) is 23.9. The number of benzene rings is 2. The Morgan fingerprint density at radius 2 is 1.88 bits per heavy atom. The van der Waals surface area contributed by atoms with Crippen LogP contribution in [0.15, 0.2) is 36.4 Å². The molecule has 3 rings (SSSR count). The number of imide groups is 1. The van der Waals surface area contributed by atoms with Crippen molar-refractivity contribution in [2.45, 2.75) is 12.2 Å². The summed E-state index contributed by atoms with van der Waals surface area (Å²) in [5.41, 5.74) is 0.714. The zero-order chi connectivity index (χ0) is 23.6. The van der Waals surface area contributed by atoms with Gasteiger partial charge in [0.2, 0.25) is 10.0 Å². The van der Waals surface area contributed by atoms with E-state index in [1.165, 1.54) is 31.6 Å². The van der Waals surface area contributed by atoms with E-state index in [2.05, 4.69) is 4.72 Å². The van der Waals surface area contributed by atoms with Gasteiger partial charge in [0.25, 0.3) is 11.8 Å². The second-order valence-corrected chi connectivity index (χ2v) is 10.5. The molecule has 0 saturated carbocycles. The van der Waals surface area contributed by atoms with Crippen molar-refractivity contribution in [1.82, 2.24) is 4.90 Å². The van der Waals surface area contributed by atoms with Crippen molar-refractivity contribution < 1.29 is 32.0 Å². The van der Waals surface area contributed by atoms with Crippen molar-refractivity contribution in [2.75, 3.05) is 37.5 Å². The van der Waals surface area contributed by atoms with Crippen molar-refractivity contribution in [1.29, 1.82) is 0 Å². The Kier molecular flexibility index (Phi) is 7.01. The van der Waals surface area contributed by atoms with Crippen LogP contribution in [0.25, 0.3) is 0 Å². The van der Waals surface area contributed by atoms with Crippen molar-refractivity contribution in [3.8, 4) is 11.5 Å². The van der Waals surface area contributed by atoms with Crippen LogP contribution >= 0.6 is 0 Å². The molecule has 2 aromatic carbocycles. The number of rotatable bonds is 9. The molecule has 0 saturated heterocycles. The second kappa shape index (κ2) is 9.39. The third-order valence-electron chi connectivity index (χ3n) is 4.90. The summed E-state index contributed by atoms with van der Waals surface area (Å²) < 4.78 is 49.1. The number of carbonyl (C=O) groups excluding carboxylic acids is 2. The number of hydrogen-bond acceptors (Lipinski definition) is 7. The predicted molar refractivity (Wildman–Crippen MR) is 121 cm³/mol. The highest BCUT2D eigenvalue weighted by Crippen LogP contribution is 2.36. The van der Waals surface area contributed by atoms with E-state index in [1.54, 1.807) is 18.2 Å². The molecule has 1 heterocycles. The van der Waals surface area contributed by atoms with Gasteiger partial charge in [-0.2, -0.15) is 0 Å². The SMILES string of the molecule is CCOc1cc(C(CN2C(=O)c3cccc(NS(C)(=O)=O)c3C2=O)[S+](C)[O-])ccc1OC. The highest BCUT2D eigenvalue weighted by molar-refractivity contribution is 7.92. The lowest BCUT2D eigenvalue weighted by atomic mass is 10.1. The number of amides is 2. The lowest BCUT2D eigenvalue weighted by molar-refractivity contribution is 0.0654. The lowest BCUT2D eigenvalue weighted by Gasteiger charge is -2.24. The van der Waals surface area contributed by atoms with Crippen LogP contribution in [0.3, 0.4) is 0 Å². The topological polar surface area (TPSA) is 125 Å². The van der Waals surface area contributed by atoms with Gasteiger partial charge in [0, 0.05) is 5.56 Å². The average molecular weight is 481 g/mol. The van der Waals surface area contributed by atoms with Gasteiger partial charge in [0.05, 0.1) is 49.6 Å². The van der Waals surface area contributed by atoms with E-state index in [0.29, 0.717) is 23.7 Å². The monoisotopic (exact) mass is 480 g/mol. The lowest BCUT2D eigenvalue weighted by Crippen LogP contribution is -2.36. The normalized spacial score (nSPS) is 15.3. The van der Waals surface area contributed by atoms with Crippen LogP contribution in [0.2, 0.25) is 0 Å². The maximum atomic E-state index is 13.1. The van der Waals surface area contributed by atoms with Gasteiger partial charge >= 0.3 is 0 Å². The summed E-state index contributed by atoms with van der Waals surface area (Å²) >= 11 is -1.44. The van der Waals surface area contributed by atoms with Crippen molar-refractivity contribution in [3.63, 3.8) is 0 Å². The van der Waals surface area contributed by atoms with Crippen LogP contribution in [0, 0.1) is 0 Å². The molecule has 0 aromatic heterocycles. The minimum atomic E-state index is -3.66. The molecule has 32 heavy (non-hydrogen) atoms. The molecule has 2 amide bonds. The molecule has 172 valence electrons. The fourth-order valence-electron chi connectivity index (χ4n) is 3.51. The molecule has 1 aliphatic rings. The number of carbonyl (C=O) groups is 2. The average Bonchev–Trinajstić information content (AvgIpc) is 2.96. The summed E-state index contributed by atoms with van der Waals surface area (Å²) in [5, 5.41) is -0.686. The van der Waals surface area contributed by atoms with Crippen molar-refractivity contribution >= 4 is 38.7 Å².